The second kappa shape index (κ2) is 16.4. The van der Waals surface area contributed by atoms with E-state index in [4.69, 9.17) is 9.52 Å². The van der Waals surface area contributed by atoms with Crippen LogP contribution in [0.2, 0.25) is 0 Å². The number of phosphoric ester groups is 1. The van der Waals surface area contributed by atoms with Crippen LogP contribution in [-0.2, 0) is 33.8 Å². The third-order valence-corrected chi connectivity index (χ3v) is 11.4. The molecule has 0 radical (unpaired) electrons. The van der Waals surface area contributed by atoms with E-state index in [1.54, 1.807) is 12.1 Å². The van der Waals surface area contributed by atoms with Crippen LogP contribution < -0.4 is 19.6 Å². The van der Waals surface area contributed by atoms with E-state index < -0.39 is 70.2 Å². The van der Waals surface area contributed by atoms with Crippen molar-refractivity contribution in [1.29, 1.82) is 0 Å². The third-order valence-electron chi connectivity index (χ3n) is 8.04. The maximum atomic E-state index is 13.2. The first-order chi connectivity index (χ1) is 23.6. The summed E-state index contributed by atoms with van der Waals surface area (Å²) >= 11 is 0. The average molecular weight is 756 g/mol. The number of hydrogen-bond donors (Lipinski definition) is 4. The van der Waals surface area contributed by atoms with Crippen molar-refractivity contribution in [2.45, 2.75) is 43.6 Å². The molecule has 2 aromatic rings. The van der Waals surface area contributed by atoms with Crippen LogP contribution in [0.3, 0.4) is 0 Å². The Hall–Kier alpha value is -3.22. The normalized spacial score (nSPS) is 14.2. The zero-order chi connectivity index (χ0) is 36.9. The lowest BCUT2D eigenvalue weighted by atomic mass is 9.93. The molecule has 15 nitrogen and oxygen atoms in total. The maximum absolute atomic E-state index is 13.2. The number of nitrogens with one attached hydrogen (secondary N) is 1. The molecule has 18 heteroatoms. The molecule has 1 heterocycles. The van der Waals surface area contributed by atoms with Crippen LogP contribution in [0.5, 0.6) is 0 Å². The van der Waals surface area contributed by atoms with Crippen molar-refractivity contribution >= 4 is 44.6 Å². The number of rotatable bonds is 17. The molecule has 0 saturated heterocycles. The number of benzene rings is 3. The van der Waals surface area contributed by atoms with Crippen LogP contribution in [0.4, 0.5) is 5.69 Å². The molecule has 0 amide bonds. The number of fused-ring (bicyclic) bond motifs is 2. The van der Waals surface area contributed by atoms with E-state index in [0.29, 0.717) is 27.9 Å². The minimum Gasteiger partial charge on any atom is -0.744 e. The van der Waals surface area contributed by atoms with Gasteiger partial charge < -0.3 is 29.0 Å². The van der Waals surface area contributed by atoms with Crippen molar-refractivity contribution < 1.29 is 54.5 Å². The molecule has 50 heavy (non-hydrogen) atoms. The molecule has 1 aliphatic heterocycles. The molecule has 4 N–H and O–H groups in total. The second-order valence-corrected chi connectivity index (χ2v) is 15.7. The van der Waals surface area contributed by atoms with Gasteiger partial charge in [0.15, 0.2) is 0 Å². The standard InChI is InChI=1S/C32H42N3O12PS2/c1-5-34(6-2)22-9-12-26-29(17-22)47-30-18-23(35(7-3)8-4)10-13-27(30)32(26)28-14-11-25(19-31(28)50(42,43)44)49(40,41)33-15-16-45-48(38,39)46-21-24(37)20-36/h9-14,17-19,24,33,36-37H,5-8,15-16,20-21H2,1-4H3,(H-,38,39,42,43,44)/t24-/m1/s1. The average Bonchev–Trinajstić information content (AvgIpc) is 3.08. The van der Waals surface area contributed by atoms with Gasteiger partial charge in [-0.3, -0.25) is 9.05 Å². The number of aliphatic hydroxyl groups excluding tert-OH is 2. The van der Waals surface area contributed by atoms with Crippen LogP contribution in [0.25, 0.3) is 33.4 Å². The molecule has 4 rings (SSSR count). The molecular formula is C32H42N3O12PS2. The van der Waals surface area contributed by atoms with E-state index >= 15 is 0 Å². The molecule has 1 unspecified atom stereocenters. The molecular weight excluding hydrogens is 713 g/mol. The van der Waals surface area contributed by atoms with Crippen molar-refractivity contribution in [3.63, 3.8) is 0 Å². The molecule has 0 saturated carbocycles. The smallest absolute Gasteiger partial charge is 0.472 e. The fraction of sp³-hybridized carbons (Fsp3) is 0.406. The Morgan fingerprint density at radius 2 is 1.64 bits per heavy atom. The summed E-state index contributed by atoms with van der Waals surface area (Å²) in [6.45, 7) is 8.36. The predicted octanol–water partition coefficient (Wildman–Crippen LogP) is 2.53. The molecule has 0 aromatic heterocycles. The highest BCUT2D eigenvalue weighted by Crippen LogP contribution is 2.44. The van der Waals surface area contributed by atoms with Crippen LogP contribution in [0.1, 0.15) is 27.7 Å². The predicted molar refractivity (Wildman–Crippen MR) is 186 cm³/mol. The van der Waals surface area contributed by atoms with Crippen molar-refractivity contribution in [2.24, 2.45) is 0 Å². The second-order valence-electron chi connectivity index (χ2n) is 11.1. The fourth-order valence-electron chi connectivity index (χ4n) is 5.50. The van der Waals surface area contributed by atoms with Gasteiger partial charge in [-0.15, -0.1) is 0 Å². The molecule has 2 atom stereocenters. The molecule has 1 aliphatic carbocycles. The minimum absolute atomic E-state index is 0.0253. The van der Waals surface area contributed by atoms with Gasteiger partial charge in [-0.1, -0.05) is 6.07 Å². The summed E-state index contributed by atoms with van der Waals surface area (Å²) in [4.78, 5) is 10.5. The number of nitrogens with zero attached hydrogens (tertiary/aromatic N) is 2. The third kappa shape index (κ3) is 9.16. The first kappa shape index (κ1) is 39.6. The monoisotopic (exact) mass is 755 g/mol. The van der Waals surface area contributed by atoms with E-state index in [0.717, 1.165) is 49.4 Å². The summed E-state index contributed by atoms with van der Waals surface area (Å²) in [6, 6.07) is 14.2. The summed E-state index contributed by atoms with van der Waals surface area (Å²) in [5.41, 5.74) is 2.14. The lowest BCUT2D eigenvalue weighted by Crippen LogP contribution is -2.29. The van der Waals surface area contributed by atoms with Gasteiger partial charge in [0.05, 0.1) is 35.7 Å². The molecule has 2 aromatic carbocycles. The highest BCUT2D eigenvalue weighted by molar-refractivity contribution is 7.89. The Labute approximate surface area is 291 Å². The number of phosphoric acid groups is 1. The van der Waals surface area contributed by atoms with Crippen LogP contribution in [0, 0.1) is 0 Å². The van der Waals surface area contributed by atoms with Crippen molar-refractivity contribution in [3.05, 3.63) is 60.0 Å². The Morgan fingerprint density at radius 1 is 0.960 bits per heavy atom. The molecule has 0 bridgehead atoms. The van der Waals surface area contributed by atoms with Gasteiger partial charge in [-0.25, -0.2) is 30.7 Å². The van der Waals surface area contributed by atoms with Gasteiger partial charge in [0.2, 0.25) is 15.4 Å². The molecule has 274 valence electrons. The molecule has 2 aliphatic rings. The van der Waals surface area contributed by atoms with Crippen molar-refractivity contribution in [1.82, 2.24) is 9.30 Å². The number of aliphatic hydroxyl groups is 2. The molecule has 0 fully saturated rings. The summed E-state index contributed by atoms with van der Waals surface area (Å²) in [7, 11) is -14.4. The van der Waals surface area contributed by atoms with Crippen LogP contribution >= 0.6 is 7.82 Å². The van der Waals surface area contributed by atoms with Crippen molar-refractivity contribution in [2.75, 3.05) is 57.4 Å². The zero-order valence-electron chi connectivity index (χ0n) is 28.1. The van der Waals surface area contributed by atoms with Gasteiger partial charge in [0.25, 0.3) is 0 Å². The van der Waals surface area contributed by atoms with E-state index in [1.165, 1.54) is 6.07 Å². The number of hydrogen-bond acceptors (Lipinski definition) is 12. The Morgan fingerprint density at radius 3 is 2.26 bits per heavy atom. The van der Waals surface area contributed by atoms with E-state index in [2.05, 4.69) is 23.2 Å². The lowest BCUT2D eigenvalue weighted by Gasteiger charge is -2.23. The Bertz CT molecular complexity index is 2130. The van der Waals surface area contributed by atoms with Gasteiger partial charge in [0.1, 0.15) is 40.7 Å². The number of anilines is 1. The van der Waals surface area contributed by atoms with E-state index in [-0.39, 0.29) is 5.56 Å². The van der Waals surface area contributed by atoms with Gasteiger partial charge in [-0.05, 0) is 58.0 Å². The fourth-order valence-corrected chi connectivity index (χ4v) is 8.08. The van der Waals surface area contributed by atoms with E-state index in [1.807, 2.05) is 52.0 Å². The largest absolute Gasteiger partial charge is 0.744 e. The summed E-state index contributed by atoms with van der Waals surface area (Å²) in [5.74, 6) is 0.428. The lowest BCUT2D eigenvalue weighted by molar-refractivity contribution is 0.0366. The highest BCUT2D eigenvalue weighted by atomic mass is 32.2. The molecule has 0 spiro atoms. The van der Waals surface area contributed by atoms with Crippen LogP contribution in [-0.4, -0.2) is 95.1 Å². The Kier molecular flexibility index (Phi) is 13.0. The van der Waals surface area contributed by atoms with Crippen molar-refractivity contribution in [3.8, 4) is 22.5 Å². The van der Waals surface area contributed by atoms with Gasteiger partial charge in [-0.2, -0.15) is 0 Å². The SMILES string of the molecule is CCN(CC)c1ccc2c(-c3ccc(S(=O)(=O)NCCOP(=O)(O)OC[C@H](O)CO)cc3S(=O)(=O)[O-])c3ccc(=[N+](CC)CC)cc-3oc2c1. The van der Waals surface area contributed by atoms with Gasteiger partial charge >= 0.3 is 7.82 Å². The number of sulfonamides is 1. The van der Waals surface area contributed by atoms with E-state index in [9.17, 15) is 36.0 Å². The quantitative estimate of drug-likeness (QED) is 0.0401. The topological polar surface area (TPSA) is 219 Å². The zero-order valence-corrected chi connectivity index (χ0v) is 30.6. The van der Waals surface area contributed by atoms with Crippen LogP contribution in [0.15, 0.2) is 68.8 Å². The Balaban J connectivity index is 1.82. The summed E-state index contributed by atoms with van der Waals surface area (Å²) < 4.78 is 96.5. The summed E-state index contributed by atoms with van der Waals surface area (Å²) in [6.07, 6.45) is -1.43. The first-order valence-electron chi connectivity index (χ1n) is 15.9. The maximum Gasteiger partial charge on any atom is 0.472 e. The highest BCUT2D eigenvalue weighted by Gasteiger charge is 2.26. The first-order valence-corrected chi connectivity index (χ1v) is 20.3. The van der Waals surface area contributed by atoms with Gasteiger partial charge in [0, 0.05) is 59.5 Å². The summed E-state index contributed by atoms with van der Waals surface area (Å²) in [5, 5.41) is 19.4. The minimum atomic E-state index is -5.26.